The molecule has 0 amide bonds. The number of nitrogens with two attached hydrogens (primary N) is 1. The molecule has 5 heteroatoms. The van der Waals surface area contributed by atoms with Crippen molar-refractivity contribution in [3.8, 4) is 0 Å². The number of hydrogen-bond donors (Lipinski definition) is 1. The van der Waals surface area contributed by atoms with Crippen molar-refractivity contribution in [2.45, 2.75) is 19.9 Å². The van der Waals surface area contributed by atoms with E-state index in [9.17, 15) is 4.79 Å². The highest BCUT2D eigenvalue weighted by Crippen LogP contribution is 2.21. The van der Waals surface area contributed by atoms with E-state index in [-0.39, 0.29) is 5.78 Å². The summed E-state index contributed by atoms with van der Waals surface area (Å²) >= 11 is 3.32. The molecule has 18 heavy (non-hydrogen) atoms. The molecule has 2 N–H and O–H groups in total. The zero-order valence-electron chi connectivity index (χ0n) is 10.1. The quantitative estimate of drug-likeness (QED) is 0.698. The summed E-state index contributed by atoms with van der Waals surface area (Å²) in [7, 11) is 0. The Kier molecular flexibility index (Phi) is 3.81. The van der Waals surface area contributed by atoms with E-state index in [1.54, 1.807) is 24.4 Å². The zero-order chi connectivity index (χ0) is 13.1. The van der Waals surface area contributed by atoms with Gasteiger partial charge < -0.3 is 5.73 Å². The van der Waals surface area contributed by atoms with Gasteiger partial charge in [-0.15, -0.1) is 0 Å². The number of ketones is 1. The Morgan fingerprint density at radius 1 is 1.50 bits per heavy atom. The van der Waals surface area contributed by atoms with Crippen molar-refractivity contribution in [2.24, 2.45) is 0 Å². The summed E-state index contributed by atoms with van der Waals surface area (Å²) in [6.45, 7) is 2.82. The second-order valence-electron chi connectivity index (χ2n) is 4.04. The van der Waals surface area contributed by atoms with Crippen molar-refractivity contribution < 1.29 is 4.79 Å². The summed E-state index contributed by atoms with van der Waals surface area (Å²) in [5.41, 5.74) is 7.90. The minimum Gasteiger partial charge on any atom is -0.398 e. The number of halogens is 1. The number of hydrogen-bond acceptors (Lipinski definition) is 3. The smallest absolute Gasteiger partial charge is 0.167 e. The molecule has 0 radical (unpaired) electrons. The van der Waals surface area contributed by atoms with E-state index in [2.05, 4.69) is 21.0 Å². The number of aromatic nitrogens is 2. The normalized spacial score (nSPS) is 10.6. The first-order valence-corrected chi connectivity index (χ1v) is 6.49. The van der Waals surface area contributed by atoms with Crippen molar-refractivity contribution in [1.29, 1.82) is 0 Å². The van der Waals surface area contributed by atoms with E-state index in [0.717, 1.165) is 16.6 Å². The highest BCUT2D eigenvalue weighted by Gasteiger charge is 2.10. The van der Waals surface area contributed by atoms with Crippen LogP contribution in [0.3, 0.4) is 0 Å². The summed E-state index contributed by atoms with van der Waals surface area (Å²) in [5, 5.41) is 4.15. The van der Waals surface area contributed by atoms with Crippen LogP contribution in [-0.2, 0) is 13.0 Å². The minimum absolute atomic E-state index is 0.0614. The van der Waals surface area contributed by atoms with Crippen molar-refractivity contribution >= 4 is 27.4 Å². The number of anilines is 1. The monoisotopic (exact) mass is 307 g/mol. The number of carbonyl (C=O) groups is 1. The van der Waals surface area contributed by atoms with E-state index in [1.807, 2.05) is 17.8 Å². The van der Waals surface area contributed by atoms with Gasteiger partial charge in [-0.2, -0.15) is 5.10 Å². The fourth-order valence-corrected chi connectivity index (χ4v) is 2.04. The van der Waals surface area contributed by atoms with Crippen LogP contribution in [0.15, 0.2) is 35.1 Å². The standard InChI is InChI=1S/C13H14BrN3O/c1-2-17-8-9(7-16-17)5-13(18)10-3-4-12(15)11(14)6-10/h3-4,6-8H,2,5,15H2,1H3. The molecule has 0 aliphatic rings. The molecule has 0 saturated carbocycles. The third-order valence-corrected chi connectivity index (χ3v) is 3.38. The molecule has 2 rings (SSSR count). The van der Waals surface area contributed by atoms with Crippen molar-refractivity contribution in [3.63, 3.8) is 0 Å². The lowest BCUT2D eigenvalue weighted by atomic mass is 10.1. The van der Waals surface area contributed by atoms with Crippen LogP contribution in [0.2, 0.25) is 0 Å². The van der Waals surface area contributed by atoms with Gasteiger partial charge in [-0.05, 0) is 46.6 Å². The Hall–Kier alpha value is -1.62. The van der Waals surface area contributed by atoms with Crippen LogP contribution in [0.5, 0.6) is 0 Å². The molecular weight excluding hydrogens is 294 g/mol. The second kappa shape index (κ2) is 5.35. The third-order valence-electron chi connectivity index (χ3n) is 2.70. The molecule has 0 unspecified atom stereocenters. The first-order valence-electron chi connectivity index (χ1n) is 5.69. The number of rotatable bonds is 4. The number of aryl methyl sites for hydroxylation is 1. The van der Waals surface area contributed by atoms with Crippen molar-refractivity contribution in [1.82, 2.24) is 9.78 Å². The molecule has 0 saturated heterocycles. The maximum absolute atomic E-state index is 12.1. The summed E-state index contributed by atoms with van der Waals surface area (Å²) in [4.78, 5) is 12.1. The molecular formula is C13H14BrN3O. The van der Waals surface area contributed by atoms with E-state index in [1.165, 1.54) is 0 Å². The third kappa shape index (κ3) is 2.79. The molecule has 0 aliphatic heterocycles. The topological polar surface area (TPSA) is 60.9 Å². The molecule has 0 aliphatic carbocycles. The molecule has 1 aromatic carbocycles. The molecule has 2 aromatic rings. The maximum Gasteiger partial charge on any atom is 0.167 e. The fourth-order valence-electron chi connectivity index (χ4n) is 1.66. The Bertz CT molecular complexity index is 577. The first-order chi connectivity index (χ1) is 8.60. The average molecular weight is 308 g/mol. The van der Waals surface area contributed by atoms with Gasteiger partial charge in [0.15, 0.2) is 5.78 Å². The van der Waals surface area contributed by atoms with Gasteiger partial charge in [0.05, 0.1) is 6.20 Å². The molecule has 0 bridgehead atoms. The van der Waals surface area contributed by atoms with Gasteiger partial charge in [0.1, 0.15) is 0 Å². The molecule has 4 nitrogen and oxygen atoms in total. The predicted molar refractivity (Wildman–Crippen MR) is 74.5 cm³/mol. The van der Waals surface area contributed by atoms with Crippen LogP contribution in [-0.4, -0.2) is 15.6 Å². The highest BCUT2D eigenvalue weighted by molar-refractivity contribution is 9.10. The van der Waals surface area contributed by atoms with Crippen LogP contribution in [0.4, 0.5) is 5.69 Å². The molecule has 0 spiro atoms. The highest BCUT2D eigenvalue weighted by atomic mass is 79.9. The Labute approximate surface area is 114 Å². The number of nitrogen functional groups attached to an aromatic ring is 1. The lowest BCUT2D eigenvalue weighted by Crippen LogP contribution is -2.03. The fraction of sp³-hybridized carbons (Fsp3) is 0.231. The van der Waals surface area contributed by atoms with Crippen molar-refractivity contribution in [2.75, 3.05) is 5.73 Å². The van der Waals surface area contributed by atoms with Crippen molar-refractivity contribution in [3.05, 3.63) is 46.2 Å². The summed E-state index contributed by atoms with van der Waals surface area (Å²) in [6.07, 6.45) is 3.98. The number of benzene rings is 1. The van der Waals surface area contributed by atoms with E-state index in [4.69, 9.17) is 5.73 Å². The van der Waals surface area contributed by atoms with Crippen LogP contribution in [0, 0.1) is 0 Å². The van der Waals surface area contributed by atoms with E-state index >= 15 is 0 Å². The summed E-state index contributed by atoms with van der Waals surface area (Å²) < 4.78 is 2.55. The van der Waals surface area contributed by atoms with Crippen LogP contribution < -0.4 is 5.73 Å². The average Bonchev–Trinajstić information content (AvgIpc) is 2.80. The van der Waals surface area contributed by atoms with E-state index in [0.29, 0.717) is 17.7 Å². The lowest BCUT2D eigenvalue weighted by Gasteiger charge is -2.02. The van der Waals surface area contributed by atoms with Crippen LogP contribution in [0.25, 0.3) is 0 Å². The SMILES string of the molecule is CCn1cc(CC(=O)c2ccc(N)c(Br)c2)cn1. The predicted octanol–water partition coefficient (Wildman–Crippen LogP) is 2.67. The van der Waals surface area contributed by atoms with Gasteiger partial charge in [-0.25, -0.2) is 0 Å². The Balaban J connectivity index is 2.14. The minimum atomic E-state index is 0.0614. The Morgan fingerprint density at radius 3 is 2.89 bits per heavy atom. The lowest BCUT2D eigenvalue weighted by molar-refractivity contribution is 0.0993. The van der Waals surface area contributed by atoms with Crippen LogP contribution >= 0.6 is 15.9 Å². The second-order valence-corrected chi connectivity index (χ2v) is 4.89. The summed E-state index contributed by atoms with van der Waals surface area (Å²) in [5.74, 6) is 0.0614. The summed E-state index contributed by atoms with van der Waals surface area (Å²) in [6, 6.07) is 5.22. The number of carbonyl (C=O) groups excluding carboxylic acids is 1. The van der Waals surface area contributed by atoms with Gasteiger partial charge in [-0.3, -0.25) is 9.48 Å². The number of Topliss-reactive ketones (excluding diaryl/α,β-unsaturated/α-hetero) is 1. The molecule has 94 valence electrons. The van der Waals surface area contributed by atoms with Gasteiger partial charge in [0.25, 0.3) is 0 Å². The number of nitrogens with zero attached hydrogens (tertiary/aromatic N) is 2. The van der Waals surface area contributed by atoms with Crippen LogP contribution in [0.1, 0.15) is 22.8 Å². The van der Waals surface area contributed by atoms with Gasteiger partial charge in [0.2, 0.25) is 0 Å². The molecule has 1 aromatic heterocycles. The molecule has 0 fully saturated rings. The maximum atomic E-state index is 12.1. The Morgan fingerprint density at radius 2 is 2.28 bits per heavy atom. The first kappa shape index (κ1) is 12.8. The van der Waals surface area contributed by atoms with Gasteiger partial charge in [0, 0.05) is 34.9 Å². The largest absolute Gasteiger partial charge is 0.398 e. The molecule has 1 heterocycles. The molecule has 0 atom stereocenters. The van der Waals surface area contributed by atoms with Gasteiger partial charge in [-0.1, -0.05) is 0 Å². The zero-order valence-corrected chi connectivity index (χ0v) is 11.6. The van der Waals surface area contributed by atoms with E-state index < -0.39 is 0 Å². The van der Waals surface area contributed by atoms with Gasteiger partial charge >= 0.3 is 0 Å².